The van der Waals surface area contributed by atoms with E-state index in [-0.39, 0.29) is 0 Å². The lowest BCUT2D eigenvalue weighted by atomic mass is 10.2. The first-order valence-corrected chi connectivity index (χ1v) is 6.01. The van der Waals surface area contributed by atoms with Gasteiger partial charge in [0.25, 0.3) is 14.7 Å². The highest BCUT2D eigenvalue weighted by atomic mass is 35.7. The molecule has 0 unspecified atom stereocenters. The molecule has 0 radical (unpaired) electrons. The fourth-order valence-electron chi connectivity index (χ4n) is 1.00. The minimum atomic E-state index is -4.35. The van der Waals surface area contributed by atoms with Crippen LogP contribution in [0, 0.1) is 10.1 Å². The fraction of sp³-hybridized carbons (Fsp3) is 0. The van der Waals surface area contributed by atoms with Crippen LogP contribution >= 0.6 is 10.7 Å². The van der Waals surface area contributed by atoms with Crippen LogP contribution in [0.5, 0.6) is 0 Å². The van der Waals surface area contributed by atoms with Crippen LogP contribution in [-0.2, 0) is 9.05 Å². The molecule has 86 valence electrons. The number of carboxylic acids is 1. The van der Waals surface area contributed by atoms with E-state index in [4.69, 9.17) is 15.8 Å². The van der Waals surface area contributed by atoms with E-state index in [0.29, 0.717) is 6.07 Å². The molecule has 7 nitrogen and oxygen atoms in total. The van der Waals surface area contributed by atoms with Gasteiger partial charge in [0.05, 0.1) is 10.5 Å². The SMILES string of the molecule is O=C(O)c1ccc([N+](=O)[O-])cc1S(=O)(=O)Cl. The van der Waals surface area contributed by atoms with Crippen LogP contribution in [0.15, 0.2) is 23.1 Å². The van der Waals surface area contributed by atoms with Gasteiger partial charge in [0.2, 0.25) is 0 Å². The van der Waals surface area contributed by atoms with Crippen LogP contribution in [0.2, 0.25) is 0 Å². The molecular weight excluding hydrogens is 262 g/mol. The van der Waals surface area contributed by atoms with E-state index in [1.54, 1.807) is 0 Å². The number of carbonyl (C=O) groups is 1. The molecule has 9 heteroatoms. The standard InChI is InChI=1S/C7H4ClNO6S/c8-16(14,15)6-3-4(9(12)13)1-2-5(6)7(10)11/h1-3H,(H,10,11). The van der Waals surface area contributed by atoms with Crippen LogP contribution in [-0.4, -0.2) is 24.4 Å². The highest BCUT2D eigenvalue weighted by Crippen LogP contribution is 2.25. The molecule has 0 atom stereocenters. The maximum atomic E-state index is 11.0. The number of halogens is 1. The minimum absolute atomic E-state index is 0.552. The zero-order valence-corrected chi connectivity index (χ0v) is 9.03. The molecule has 0 spiro atoms. The Kier molecular flexibility index (Phi) is 3.15. The maximum absolute atomic E-state index is 11.0. The molecule has 16 heavy (non-hydrogen) atoms. The number of rotatable bonds is 3. The number of nitro groups is 1. The van der Waals surface area contributed by atoms with Gasteiger partial charge in [-0.1, -0.05) is 0 Å². The van der Waals surface area contributed by atoms with Gasteiger partial charge in [0.1, 0.15) is 4.90 Å². The Labute approximate surface area is 93.8 Å². The summed E-state index contributed by atoms with van der Waals surface area (Å²) in [4.78, 5) is 19.4. The molecule has 1 aromatic rings. The molecule has 1 rings (SSSR count). The summed E-state index contributed by atoms with van der Waals surface area (Å²) in [5.74, 6) is -1.53. The zero-order chi connectivity index (χ0) is 12.5. The smallest absolute Gasteiger partial charge is 0.337 e. The number of aromatic carboxylic acids is 1. The number of carboxylic acid groups (broad SMARTS) is 1. The first-order valence-electron chi connectivity index (χ1n) is 3.70. The van der Waals surface area contributed by atoms with Gasteiger partial charge in [-0.15, -0.1) is 0 Å². The molecule has 0 aliphatic heterocycles. The summed E-state index contributed by atoms with van der Waals surface area (Å²) in [6, 6.07) is 2.30. The van der Waals surface area contributed by atoms with Crippen molar-refractivity contribution >= 4 is 31.4 Å². The largest absolute Gasteiger partial charge is 0.478 e. The zero-order valence-electron chi connectivity index (χ0n) is 7.45. The van der Waals surface area contributed by atoms with Crippen molar-refractivity contribution in [1.82, 2.24) is 0 Å². The first-order chi connectivity index (χ1) is 7.23. The van der Waals surface area contributed by atoms with Crippen LogP contribution in [0.25, 0.3) is 0 Å². The topological polar surface area (TPSA) is 115 Å². The van der Waals surface area contributed by atoms with E-state index in [2.05, 4.69) is 0 Å². The average molecular weight is 266 g/mol. The van der Waals surface area contributed by atoms with E-state index in [1.165, 1.54) is 0 Å². The lowest BCUT2D eigenvalue weighted by Gasteiger charge is -2.01. The molecule has 0 saturated heterocycles. The summed E-state index contributed by atoms with van der Waals surface area (Å²) in [6.45, 7) is 0. The van der Waals surface area contributed by atoms with Gasteiger partial charge in [-0.05, 0) is 6.07 Å². The second-order valence-electron chi connectivity index (χ2n) is 2.68. The molecule has 0 amide bonds. The molecule has 0 saturated carbocycles. The average Bonchev–Trinajstić information content (AvgIpc) is 2.15. The normalized spacial score (nSPS) is 11.1. The monoisotopic (exact) mass is 265 g/mol. The molecule has 0 aromatic heterocycles. The molecule has 0 bridgehead atoms. The lowest BCUT2D eigenvalue weighted by Crippen LogP contribution is -2.05. The van der Waals surface area contributed by atoms with Gasteiger partial charge < -0.3 is 5.11 Å². The van der Waals surface area contributed by atoms with Crippen molar-refractivity contribution in [1.29, 1.82) is 0 Å². The fourth-order valence-corrected chi connectivity index (χ4v) is 2.07. The third kappa shape index (κ3) is 2.47. The third-order valence-corrected chi connectivity index (χ3v) is 3.03. The van der Waals surface area contributed by atoms with Crippen LogP contribution in [0.4, 0.5) is 5.69 Å². The summed E-state index contributed by atoms with van der Waals surface area (Å²) in [6.07, 6.45) is 0. The highest BCUT2D eigenvalue weighted by Gasteiger charge is 2.23. The van der Waals surface area contributed by atoms with E-state index in [9.17, 15) is 23.3 Å². The quantitative estimate of drug-likeness (QED) is 0.499. The lowest BCUT2D eigenvalue weighted by molar-refractivity contribution is -0.385. The summed E-state index contributed by atoms with van der Waals surface area (Å²) < 4.78 is 22.0. The predicted molar refractivity (Wildman–Crippen MR) is 53.1 cm³/mol. The summed E-state index contributed by atoms with van der Waals surface area (Å²) in [5.41, 5.74) is -1.16. The van der Waals surface area contributed by atoms with Gasteiger partial charge in [-0.25, -0.2) is 13.2 Å². The minimum Gasteiger partial charge on any atom is -0.478 e. The Balaban J connectivity index is 3.58. The molecule has 0 heterocycles. The number of nitro benzene ring substituents is 1. The number of non-ortho nitro benzene ring substituents is 1. The third-order valence-electron chi connectivity index (χ3n) is 1.67. The van der Waals surface area contributed by atoms with Crippen molar-refractivity contribution in [3.05, 3.63) is 33.9 Å². The van der Waals surface area contributed by atoms with Crippen molar-refractivity contribution in [2.75, 3.05) is 0 Å². The van der Waals surface area contributed by atoms with E-state index in [1.807, 2.05) is 0 Å². The summed E-state index contributed by atoms with van der Waals surface area (Å²) >= 11 is 0. The Hall–Kier alpha value is -1.67. The molecule has 1 aromatic carbocycles. The molecule has 0 aliphatic rings. The van der Waals surface area contributed by atoms with Crippen molar-refractivity contribution in [2.45, 2.75) is 4.90 Å². The van der Waals surface area contributed by atoms with Gasteiger partial charge in [-0.2, -0.15) is 0 Å². The van der Waals surface area contributed by atoms with Crippen LogP contribution in [0.3, 0.4) is 0 Å². The van der Waals surface area contributed by atoms with E-state index < -0.39 is 36.1 Å². The second kappa shape index (κ2) is 4.06. The van der Waals surface area contributed by atoms with Crippen molar-refractivity contribution < 1.29 is 23.2 Å². The Bertz CT molecular complexity index is 566. The maximum Gasteiger partial charge on any atom is 0.337 e. The predicted octanol–water partition coefficient (Wildman–Crippen LogP) is 1.22. The van der Waals surface area contributed by atoms with Gasteiger partial charge in [0, 0.05) is 22.8 Å². The highest BCUT2D eigenvalue weighted by molar-refractivity contribution is 8.13. The van der Waals surface area contributed by atoms with E-state index in [0.717, 1.165) is 12.1 Å². The van der Waals surface area contributed by atoms with E-state index >= 15 is 0 Å². The summed E-state index contributed by atoms with van der Waals surface area (Å²) in [5, 5.41) is 19.0. The van der Waals surface area contributed by atoms with Crippen molar-refractivity contribution in [3.63, 3.8) is 0 Å². The molecule has 0 fully saturated rings. The van der Waals surface area contributed by atoms with Gasteiger partial charge in [-0.3, -0.25) is 10.1 Å². The Morgan fingerprint density at radius 1 is 1.44 bits per heavy atom. The number of hydrogen-bond acceptors (Lipinski definition) is 5. The van der Waals surface area contributed by atoms with Gasteiger partial charge >= 0.3 is 5.97 Å². The molecule has 0 aliphatic carbocycles. The number of nitrogens with zero attached hydrogens (tertiary/aromatic N) is 1. The molecular formula is C7H4ClNO6S. The number of benzene rings is 1. The summed E-state index contributed by atoms with van der Waals surface area (Å²) in [7, 11) is 0.623. The Morgan fingerprint density at radius 3 is 2.38 bits per heavy atom. The number of hydrogen-bond donors (Lipinski definition) is 1. The molecule has 1 N–H and O–H groups in total. The van der Waals surface area contributed by atoms with Crippen LogP contribution < -0.4 is 0 Å². The van der Waals surface area contributed by atoms with Gasteiger partial charge in [0.15, 0.2) is 0 Å². The first kappa shape index (κ1) is 12.4. The second-order valence-corrected chi connectivity index (χ2v) is 5.21. The van der Waals surface area contributed by atoms with Crippen LogP contribution in [0.1, 0.15) is 10.4 Å². The van der Waals surface area contributed by atoms with Crippen molar-refractivity contribution in [2.24, 2.45) is 0 Å². The Morgan fingerprint density at radius 2 is 2.00 bits per heavy atom. The van der Waals surface area contributed by atoms with Crippen molar-refractivity contribution in [3.8, 4) is 0 Å².